The van der Waals surface area contributed by atoms with Crippen molar-refractivity contribution < 1.29 is 9.53 Å². The van der Waals surface area contributed by atoms with Gasteiger partial charge in [-0.3, -0.25) is 0 Å². The highest BCUT2D eigenvalue weighted by molar-refractivity contribution is 5.87. The third kappa shape index (κ3) is 2.96. The Hall–Kier alpha value is -2.08. The maximum atomic E-state index is 11.1. The van der Waals surface area contributed by atoms with Gasteiger partial charge in [0, 0.05) is 6.08 Å². The first kappa shape index (κ1) is 12.0. The zero-order valence-corrected chi connectivity index (χ0v) is 9.36. The predicted molar refractivity (Wildman–Crippen MR) is 61.6 cm³/mol. The van der Waals surface area contributed by atoms with Gasteiger partial charge < -0.3 is 4.74 Å². The molecule has 0 aliphatic heterocycles. The van der Waals surface area contributed by atoms with Crippen molar-refractivity contribution in [2.45, 2.75) is 13.8 Å². The van der Waals surface area contributed by atoms with Crippen molar-refractivity contribution in [3.63, 3.8) is 0 Å². The minimum absolute atomic E-state index is 0.349. The molecule has 0 N–H and O–H groups in total. The van der Waals surface area contributed by atoms with Crippen molar-refractivity contribution in [3.8, 4) is 6.07 Å². The van der Waals surface area contributed by atoms with Crippen LogP contribution in [0.3, 0.4) is 0 Å². The largest absolute Gasteiger partial charge is 0.463 e. The Morgan fingerprint density at radius 3 is 2.94 bits per heavy atom. The molecule has 0 aliphatic carbocycles. The molecule has 1 rings (SSSR count). The molecular weight excluding hydrogens is 202 g/mol. The number of ether oxygens (including phenoxy) is 1. The van der Waals surface area contributed by atoms with Crippen molar-refractivity contribution in [1.82, 2.24) is 0 Å². The number of hydrogen-bond acceptors (Lipinski definition) is 3. The normalized spacial score (nSPS) is 10.1. The van der Waals surface area contributed by atoms with Crippen LogP contribution in [0.1, 0.15) is 23.6 Å². The number of benzene rings is 1. The molecule has 0 bridgehead atoms. The molecule has 0 spiro atoms. The highest BCUT2D eigenvalue weighted by Gasteiger charge is 2.02. The summed E-state index contributed by atoms with van der Waals surface area (Å²) in [5.74, 6) is -0.394. The third-order valence-electron chi connectivity index (χ3n) is 2.12. The Kier molecular flexibility index (Phi) is 4.28. The van der Waals surface area contributed by atoms with Crippen LogP contribution in [0.5, 0.6) is 0 Å². The number of nitriles is 1. The Balaban J connectivity index is 2.97. The first-order chi connectivity index (χ1) is 7.69. The number of rotatable bonds is 3. The highest BCUT2D eigenvalue weighted by Crippen LogP contribution is 2.15. The summed E-state index contributed by atoms with van der Waals surface area (Å²) in [6.07, 6.45) is 2.96. The molecule has 1 aromatic carbocycles. The molecule has 0 unspecified atom stereocenters. The summed E-state index contributed by atoms with van der Waals surface area (Å²) in [5, 5.41) is 8.91. The molecule has 16 heavy (non-hydrogen) atoms. The third-order valence-corrected chi connectivity index (χ3v) is 2.12. The SMILES string of the molecule is CCOC(=O)C=Cc1c(C)cccc1C#N. The van der Waals surface area contributed by atoms with Crippen LogP contribution in [0, 0.1) is 18.3 Å². The van der Waals surface area contributed by atoms with Crippen molar-refractivity contribution in [3.05, 3.63) is 41.0 Å². The molecule has 0 aliphatic rings. The minimum Gasteiger partial charge on any atom is -0.463 e. The summed E-state index contributed by atoms with van der Waals surface area (Å²) in [7, 11) is 0. The summed E-state index contributed by atoms with van der Waals surface area (Å²) in [6.45, 7) is 3.99. The van der Waals surface area contributed by atoms with Gasteiger partial charge in [-0.1, -0.05) is 12.1 Å². The fraction of sp³-hybridized carbons (Fsp3) is 0.231. The molecular formula is C13H13NO2. The smallest absolute Gasteiger partial charge is 0.330 e. The van der Waals surface area contributed by atoms with Crippen LogP contribution in [0.2, 0.25) is 0 Å². The zero-order valence-electron chi connectivity index (χ0n) is 9.36. The van der Waals surface area contributed by atoms with Crippen LogP contribution in [0.25, 0.3) is 6.08 Å². The van der Waals surface area contributed by atoms with Gasteiger partial charge >= 0.3 is 5.97 Å². The molecule has 0 fully saturated rings. The number of carbonyl (C=O) groups excluding carboxylic acids is 1. The van der Waals surface area contributed by atoms with Gasteiger partial charge in [0.1, 0.15) is 0 Å². The van der Waals surface area contributed by atoms with Gasteiger partial charge in [0.25, 0.3) is 0 Å². The molecule has 82 valence electrons. The Bertz CT molecular complexity index is 455. The highest BCUT2D eigenvalue weighted by atomic mass is 16.5. The maximum absolute atomic E-state index is 11.1. The molecule has 1 aromatic rings. The van der Waals surface area contributed by atoms with E-state index < -0.39 is 5.97 Å². The van der Waals surface area contributed by atoms with Gasteiger partial charge in [0.05, 0.1) is 18.2 Å². The predicted octanol–water partition coefficient (Wildman–Crippen LogP) is 2.44. The van der Waals surface area contributed by atoms with Gasteiger partial charge in [-0.25, -0.2) is 4.79 Å². The van der Waals surface area contributed by atoms with Crippen LogP contribution in [-0.2, 0) is 9.53 Å². The summed E-state index contributed by atoms with van der Waals surface area (Å²) >= 11 is 0. The van der Waals surface area contributed by atoms with Crippen molar-refractivity contribution in [2.75, 3.05) is 6.61 Å². The second kappa shape index (κ2) is 5.72. The summed E-state index contributed by atoms with van der Waals surface area (Å²) < 4.78 is 4.77. The lowest BCUT2D eigenvalue weighted by atomic mass is 10.0. The van der Waals surface area contributed by atoms with Gasteiger partial charge in [0.2, 0.25) is 0 Å². The van der Waals surface area contributed by atoms with E-state index in [9.17, 15) is 4.79 Å². The van der Waals surface area contributed by atoms with Crippen LogP contribution < -0.4 is 0 Å². The van der Waals surface area contributed by atoms with E-state index in [1.165, 1.54) is 6.08 Å². The topological polar surface area (TPSA) is 50.1 Å². The van der Waals surface area contributed by atoms with Gasteiger partial charge in [-0.05, 0) is 37.1 Å². The fourth-order valence-corrected chi connectivity index (χ4v) is 1.34. The van der Waals surface area contributed by atoms with Crippen molar-refractivity contribution >= 4 is 12.0 Å². The Morgan fingerprint density at radius 1 is 1.56 bits per heavy atom. The first-order valence-electron chi connectivity index (χ1n) is 5.03. The molecule has 0 heterocycles. The van der Waals surface area contributed by atoms with Crippen LogP contribution in [0.15, 0.2) is 24.3 Å². The lowest BCUT2D eigenvalue weighted by molar-refractivity contribution is -0.137. The van der Waals surface area contributed by atoms with Gasteiger partial charge in [-0.2, -0.15) is 5.26 Å². The molecule has 3 nitrogen and oxygen atoms in total. The average molecular weight is 215 g/mol. The standard InChI is InChI=1S/C13H13NO2/c1-3-16-13(15)8-7-12-10(2)5-4-6-11(12)9-14/h4-8H,3H2,1-2H3. The van der Waals surface area contributed by atoms with E-state index in [0.29, 0.717) is 12.2 Å². The molecule has 0 amide bonds. The van der Waals surface area contributed by atoms with Crippen LogP contribution in [-0.4, -0.2) is 12.6 Å². The summed E-state index contributed by atoms with van der Waals surface area (Å²) in [4.78, 5) is 11.1. The van der Waals surface area contributed by atoms with E-state index >= 15 is 0 Å². The molecule has 0 saturated carbocycles. The maximum Gasteiger partial charge on any atom is 0.330 e. The molecule has 0 radical (unpaired) electrons. The molecule has 0 atom stereocenters. The van der Waals surface area contributed by atoms with Crippen molar-refractivity contribution in [1.29, 1.82) is 5.26 Å². The number of esters is 1. The zero-order chi connectivity index (χ0) is 12.0. The van der Waals surface area contributed by atoms with Crippen molar-refractivity contribution in [2.24, 2.45) is 0 Å². The Labute approximate surface area is 95.0 Å². The summed E-state index contributed by atoms with van der Waals surface area (Å²) in [6, 6.07) is 7.52. The van der Waals surface area contributed by atoms with E-state index in [1.807, 2.05) is 19.1 Å². The van der Waals surface area contributed by atoms with Gasteiger partial charge in [-0.15, -0.1) is 0 Å². The van der Waals surface area contributed by atoms with Crippen LogP contribution >= 0.6 is 0 Å². The number of aryl methyl sites for hydroxylation is 1. The second-order valence-electron chi connectivity index (χ2n) is 3.23. The second-order valence-corrected chi connectivity index (χ2v) is 3.23. The monoisotopic (exact) mass is 215 g/mol. The van der Waals surface area contributed by atoms with E-state index in [-0.39, 0.29) is 0 Å². The lowest BCUT2D eigenvalue weighted by Crippen LogP contribution is -1.99. The Morgan fingerprint density at radius 2 is 2.31 bits per heavy atom. The molecule has 0 saturated heterocycles. The molecule has 0 aromatic heterocycles. The number of carbonyl (C=O) groups is 1. The average Bonchev–Trinajstić information content (AvgIpc) is 2.27. The minimum atomic E-state index is -0.394. The quantitative estimate of drug-likeness (QED) is 0.574. The lowest BCUT2D eigenvalue weighted by Gasteiger charge is -2.02. The van der Waals surface area contributed by atoms with Gasteiger partial charge in [0.15, 0.2) is 0 Å². The summed E-state index contributed by atoms with van der Waals surface area (Å²) in [5.41, 5.74) is 2.28. The molecule has 3 heteroatoms. The van der Waals surface area contributed by atoms with E-state index in [1.54, 1.807) is 19.1 Å². The number of nitrogens with zero attached hydrogens (tertiary/aromatic N) is 1. The van der Waals surface area contributed by atoms with E-state index in [0.717, 1.165) is 11.1 Å². The van der Waals surface area contributed by atoms with E-state index in [2.05, 4.69) is 6.07 Å². The number of hydrogen-bond donors (Lipinski definition) is 0. The fourth-order valence-electron chi connectivity index (χ4n) is 1.34. The first-order valence-corrected chi connectivity index (χ1v) is 5.03. The van der Waals surface area contributed by atoms with Crippen LogP contribution in [0.4, 0.5) is 0 Å². The van der Waals surface area contributed by atoms with E-state index in [4.69, 9.17) is 10.00 Å².